The van der Waals surface area contributed by atoms with E-state index in [1.165, 1.54) is 23.5 Å². The van der Waals surface area contributed by atoms with Crippen LogP contribution in [-0.4, -0.2) is 44.6 Å². The van der Waals surface area contributed by atoms with Crippen molar-refractivity contribution in [3.8, 4) is 0 Å². The molecule has 0 aliphatic heterocycles. The number of nitrogens with zero attached hydrogens (tertiary/aromatic N) is 2. The van der Waals surface area contributed by atoms with E-state index in [1.807, 2.05) is 13.0 Å². The van der Waals surface area contributed by atoms with Crippen molar-refractivity contribution in [2.75, 3.05) is 0 Å². The van der Waals surface area contributed by atoms with Crippen LogP contribution in [0, 0.1) is 28.9 Å². The number of hydrogen-bond acceptors (Lipinski definition) is 10. The summed E-state index contributed by atoms with van der Waals surface area (Å²) >= 11 is 0. The molecular weight excluding hydrogens is 499 g/mol. The molecule has 2 rings (SSSR count). The van der Waals surface area contributed by atoms with Gasteiger partial charge in [0.25, 0.3) is 5.69 Å². The average molecular weight is 516 g/mol. The maximum absolute atomic E-state index is 10.6. The predicted octanol–water partition coefficient (Wildman–Crippen LogP) is -1.39. The Hall–Kier alpha value is -2.35. The summed E-state index contributed by atoms with van der Waals surface area (Å²) < 4.78 is 31.6. The van der Waals surface area contributed by atoms with Crippen molar-refractivity contribution in [3.05, 3.63) is 79.7 Å². The number of benzene rings is 2. The van der Waals surface area contributed by atoms with Gasteiger partial charge in [-0.05, 0) is 37.6 Å². The van der Waals surface area contributed by atoms with E-state index in [2.05, 4.69) is 4.99 Å². The summed E-state index contributed by atoms with van der Waals surface area (Å²) in [5.74, 6) is -2.15. The third kappa shape index (κ3) is 20.0. The van der Waals surface area contributed by atoms with Crippen LogP contribution in [0.3, 0.4) is 0 Å². The summed E-state index contributed by atoms with van der Waals surface area (Å²) in [5.41, 5.74) is 1.35. The molecule has 0 heterocycles. The molecule has 0 radical (unpaired) electrons. The van der Waals surface area contributed by atoms with E-state index in [0.717, 1.165) is 5.56 Å². The zero-order valence-corrected chi connectivity index (χ0v) is 21.2. The Morgan fingerprint density at radius 3 is 1.76 bits per heavy atom. The van der Waals surface area contributed by atoms with Crippen LogP contribution in [0.15, 0.2) is 47.8 Å². The zero-order chi connectivity index (χ0) is 25.5. The molecule has 0 unspecified atom stereocenters. The minimum Gasteiger partial charge on any atom is -0.635 e. The van der Waals surface area contributed by atoms with Crippen molar-refractivity contribution in [3.63, 3.8) is 0 Å². The number of rotatable bonds is 4. The molecule has 0 atom stereocenters. The molecule has 0 amide bonds. The van der Waals surface area contributed by atoms with Crippen molar-refractivity contribution in [1.29, 1.82) is 0 Å². The van der Waals surface area contributed by atoms with Gasteiger partial charge in [-0.15, -0.1) is 4.91 Å². The van der Waals surface area contributed by atoms with Crippen LogP contribution in [0.4, 0.5) is 5.69 Å². The van der Waals surface area contributed by atoms with Crippen molar-refractivity contribution in [2.45, 2.75) is 13.8 Å². The van der Waals surface area contributed by atoms with Gasteiger partial charge in [0.05, 0.1) is 10.5 Å². The third-order valence-electron chi connectivity index (χ3n) is 2.87. The molecular formula is C16H17KN2O13S. The van der Waals surface area contributed by atoms with Crippen molar-refractivity contribution in [2.24, 2.45) is 5.34 Å². The van der Waals surface area contributed by atoms with Crippen LogP contribution in [0.5, 0.6) is 0 Å². The van der Waals surface area contributed by atoms with E-state index in [-0.39, 0.29) is 62.6 Å². The summed E-state index contributed by atoms with van der Waals surface area (Å²) in [4.78, 5) is 41.4. The van der Waals surface area contributed by atoms with Crippen LogP contribution in [-0.2, 0) is 15.4 Å². The maximum atomic E-state index is 10.6. The van der Waals surface area contributed by atoms with E-state index in [1.54, 1.807) is 25.1 Å². The summed E-state index contributed by atoms with van der Waals surface area (Å²) in [6, 6.07) is 10.8. The smallest absolute Gasteiger partial charge is 0.635 e. The standard InChI is InChI=1S/C8H7NO4.C8H8O2.K.HNO3.H2O4S/c1-5-2-3-7(9(12)13)6(4-5)8(10)11;1-6-3-2-4-7(5-6)8(9)10;;2-1-4-3;1-5(2,3)4/h2-4H,1H3,(H,10,11);2-5H,1H3,(H,9,10);;3H;(H2,1,2,3,4)/q;;+1;;/p-1. The Morgan fingerprint density at radius 2 is 1.45 bits per heavy atom. The molecule has 0 spiro atoms. The summed E-state index contributed by atoms with van der Waals surface area (Å²) in [6.45, 7) is 3.54. The van der Waals surface area contributed by atoms with E-state index in [9.17, 15) is 19.7 Å². The van der Waals surface area contributed by atoms with Crippen LogP contribution >= 0.6 is 0 Å². The van der Waals surface area contributed by atoms with Gasteiger partial charge in [0, 0.05) is 6.07 Å². The molecule has 176 valence electrons. The summed E-state index contributed by atoms with van der Waals surface area (Å²) in [5, 5.41) is 37.3. The first-order chi connectivity index (χ1) is 14.6. The average Bonchev–Trinajstić information content (AvgIpc) is 2.67. The Bertz CT molecular complexity index is 1040. The van der Waals surface area contributed by atoms with Crippen molar-refractivity contribution < 1.29 is 104 Å². The molecule has 15 nitrogen and oxygen atoms in total. The molecule has 4 N–H and O–H groups in total. The normalized spacial score (nSPS) is 9.00. The maximum Gasteiger partial charge on any atom is 1.00 e. The minimum absolute atomic E-state index is 0. The molecule has 0 saturated heterocycles. The van der Waals surface area contributed by atoms with Crippen LogP contribution in [0.25, 0.3) is 0 Å². The van der Waals surface area contributed by atoms with Gasteiger partial charge < -0.3 is 20.5 Å². The second-order valence-corrected chi connectivity index (χ2v) is 6.25. The van der Waals surface area contributed by atoms with Crippen LogP contribution in [0.2, 0.25) is 0 Å². The molecule has 0 saturated carbocycles. The second kappa shape index (κ2) is 18.1. The first-order valence-corrected chi connectivity index (χ1v) is 9.13. The van der Waals surface area contributed by atoms with E-state index < -0.39 is 27.3 Å². The van der Waals surface area contributed by atoms with Crippen LogP contribution in [0.1, 0.15) is 31.8 Å². The molecule has 0 fully saturated rings. The Kier molecular flexibility index (Phi) is 19.3. The van der Waals surface area contributed by atoms with Gasteiger partial charge in [-0.3, -0.25) is 19.2 Å². The number of hydrogen-bond donors (Lipinski definition) is 4. The van der Waals surface area contributed by atoms with Gasteiger partial charge in [0.15, 0.2) is 0 Å². The van der Waals surface area contributed by atoms with Crippen molar-refractivity contribution in [1.82, 2.24) is 0 Å². The van der Waals surface area contributed by atoms with Crippen molar-refractivity contribution >= 4 is 28.0 Å². The number of aromatic carboxylic acids is 2. The third-order valence-corrected chi connectivity index (χ3v) is 2.87. The molecule has 33 heavy (non-hydrogen) atoms. The molecule has 0 aliphatic rings. The molecule has 2 aromatic carbocycles. The van der Waals surface area contributed by atoms with Gasteiger partial charge >= 0.3 is 73.7 Å². The largest absolute Gasteiger partial charge is 1.00 e. The van der Waals surface area contributed by atoms with Gasteiger partial charge in [0.1, 0.15) is 10.9 Å². The summed E-state index contributed by atoms with van der Waals surface area (Å²) in [7, 11) is -4.67. The van der Waals surface area contributed by atoms with Gasteiger partial charge in [0.2, 0.25) is 0 Å². The number of nitro groups is 1. The van der Waals surface area contributed by atoms with Crippen LogP contribution < -0.4 is 56.6 Å². The number of carboxylic acid groups (broad SMARTS) is 2. The molecule has 0 aliphatic carbocycles. The fourth-order valence-corrected chi connectivity index (χ4v) is 1.76. The number of aryl methyl sites for hydroxylation is 2. The van der Waals surface area contributed by atoms with Gasteiger partial charge in [-0.1, -0.05) is 23.8 Å². The number of carbonyl (C=O) groups is 2. The second-order valence-electron chi connectivity index (χ2n) is 5.35. The quantitative estimate of drug-likeness (QED) is 0.0912. The first kappa shape index (κ1) is 35.2. The van der Waals surface area contributed by atoms with E-state index >= 15 is 0 Å². The minimum atomic E-state index is -4.67. The first-order valence-electron chi connectivity index (χ1n) is 7.73. The fraction of sp³-hybridized carbons (Fsp3) is 0.125. The molecule has 0 aromatic heterocycles. The molecule has 17 heteroatoms. The topological polar surface area (TPSA) is 254 Å². The zero-order valence-electron chi connectivity index (χ0n) is 17.3. The Morgan fingerprint density at radius 1 is 1.00 bits per heavy atom. The fourth-order valence-electron chi connectivity index (χ4n) is 1.76. The number of carboxylic acids is 2. The van der Waals surface area contributed by atoms with E-state index in [0.29, 0.717) is 11.1 Å². The monoisotopic (exact) mass is 516 g/mol. The van der Waals surface area contributed by atoms with E-state index in [4.69, 9.17) is 37.9 Å². The summed E-state index contributed by atoms with van der Waals surface area (Å²) in [6.07, 6.45) is 0. The predicted molar refractivity (Wildman–Crippen MR) is 104 cm³/mol. The van der Waals surface area contributed by atoms with Gasteiger partial charge in [-0.2, -0.15) is 8.42 Å². The van der Waals surface area contributed by atoms with Gasteiger partial charge in [-0.25, -0.2) is 9.59 Å². The number of nitro benzene ring substituents is 1. The Balaban J connectivity index is -0.000000399. The Labute approximate surface area is 229 Å². The SMILES string of the molecule is Cc1ccc([N+](=O)[O-])c(C(=O)O)c1.Cc1cccc(C(=O)O)c1.O=NO[O-].O=S(=O)(O)O.[K+]. The molecule has 2 aromatic rings. The molecule has 0 bridgehead atoms.